The molecule has 0 fully saturated rings. The molecule has 2 N–H and O–H groups in total. The van der Waals surface area contributed by atoms with Crippen molar-refractivity contribution in [3.05, 3.63) is 52.4 Å². The Morgan fingerprint density at radius 3 is 2.62 bits per heavy atom. The first-order chi connectivity index (χ1) is 12.6. The fourth-order valence-corrected chi connectivity index (χ4v) is 3.36. The molecular formula is C21H30N4O. The van der Waals surface area contributed by atoms with Gasteiger partial charge in [0.15, 0.2) is 11.7 Å². The molecule has 1 unspecified atom stereocenters. The molecule has 1 atom stereocenters. The number of rotatable bonds is 5. The molecule has 5 nitrogen and oxygen atoms in total. The van der Waals surface area contributed by atoms with Crippen molar-refractivity contribution in [3.8, 4) is 0 Å². The Balaban J connectivity index is 1.58. The van der Waals surface area contributed by atoms with Gasteiger partial charge in [0.05, 0.1) is 18.3 Å². The van der Waals surface area contributed by atoms with Gasteiger partial charge < -0.3 is 15.2 Å². The molecule has 0 saturated heterocycles. The lowest BCUT2D eigenvalue weighted by Crippen LogP contribution is -2.38. The highest BCUT2D eigenvalue weighted by Crippen LogP contribution is 2.24. The SMILES string of the molecule is CN=C(NCc1cc(C(C)C)no1)NC(C)c1ccc2c(c1)CCCC2. The summed E-state index contributed by atoms with van der Waals surface area (Å²) in [7, 11) is 1.79. The number of guanidine groups is 1. The van der Waals surface area contributed by atoms with Crippen LogP contribution in [-0.4, -0.2) is 18.2 Å². The molecule has 1 aliphatic rings. The van der Waals surface area contributed by atoms with Gasteiger partial charge in [-0.2, -0.15) is 0 Å². The summed E-state index contributed by atoms with van der Waals surface area (Å²) in [5.41, 5.74) is 5.30. The van der Waals surface area contributed by atoms with Gasteiger partial charge in [0.2, 0.25) is 0 Å². The fraction of sp³-hybridized carbons (Fsp3) is 0.524. The summed E-state index contributed by atoms with van der Waals surface area (Å²) in [6.45, 7) is 6.95. The van der Waals surface area contributed by atoms with E-state index in [1.807, 2.05) is 6.07 Å². The Morgan fingerprint density at radius 1 is 1.15 bits per heavy atom. The highest BCUT2D eigenvalue weighted by Gasteiger charge is 2.14. The van der Waals surface area contributed by atoms with Gasteiger partial charge in [-0.05, 0) is 55.2 Å². The van der Waals surface area contributed by atoms with E-state index in [9.17, 15) is 0 Å². The monoisotopic (exact) mass is 354 g/mol. The maximum atomic E-state index is 5.38. The lowest BCUT2D eigenvalue weighted by atomic mass is 9.89. The maximum absolute atomic E-state index is 5.38. The number of nitrogens with one attached hydrogen (secondary N) is 2. The second kappa shape index (κ2) is 8.39. The summed E-state index contributed by atoms with van der Waals surface area (Å²) in [6.07, 6.45) is 5.04. The van der Waals surface area contributed by atoms with Crippen LogP contribution in [0.15, 0.2) is 33.8 Å². The van der Waals surface area contributed by atoms with Crippen molar-refractivity contribution in [2.45, 2.75) is 65.0 Å². The fourth-order valence-electron chi connectivity index (χ4n) is 3.36. The molecule has 0 amide bonds. The third-order valence-corrected chi connectivity index (χ3v) is 5.05. The predicted molar refractivity (Wildman–Crippen MR) is 105 cm³/mol. The molecule has 1 aliphatic carbocycles. The highest BCUT2D eigenvalue weighted by molar-refractivity contribution is 5.80. The Hall–Kier alpha value is -2.30. The third kappa shape index (κ3) is 4.45. The maximum Gasteiger partial charge on any atom is 0.191 e. The average Bonchev–Trinajstić information content (AvgIpc) is 3.14. The third-order valence-electron chi connectivity index (χ3n) is 5.05. The van der Waals surface area contributed by atoms with Gasteiger partial charge in [-0.1, -0.05) is 37.2 Å². The van der Waals surface area contributed by atoms with Crippen LogP contribution < -0.4 is 10.6 Å². The molecule has 1 aromatic carbocycles. The number of aryl methyl sites for hydroxylation is 2. The van der Waals surface area contributed by atoms with Crippen molar-refractivity contribution >= 4 is 5.96 Å². The molecule has 2 aromatic rings. The van der Waals surface area contributed by atoms with Gasteiger partial charge in [0.1, 0.15) is 0 Å². The minimum absolute atomic E-state index is 0.189. The number of hydrogen-bond donors (Lipinski definition) is 2. The molecule has 0 radical (unpaired) electrons. The molecule has 0 spiro atoms. The minimum Gasteiger partial charge on any atom is -0.359 e. The second-order valence-electron chi connectivity index (χ2n) is 7.40. The van der Waals surface area contributed by atoms with E-state index >= 15 is 0 Å². The van der Waals surface area contributed by atoms with E-state index < -0.39 is 0 Å². The van der Waals surface area contributed by atoms with Gasteiger partial charge in [0, 0.05) is 13.1 Å². The zero-order chi connectivity index (χ0) is 18.5. The van der Waals surface area contributed by atoms with Crippen LogP contribution in [0.2, 0.25) is 0 Å². The summed E-state index contributed by atoms with van der Waals surface area (Å²) in [5.74, 6) is 1.95. The van der Waals surface area contributed by atoms with Crippen molar-refractivity contribution in [1.82, 2.24) is 15.8 Å². The van der Waals surface area contributed by atoms with E-state index in [1.54, 1.807) is 7.05 Å². The molecular weight excluding hydrogens is 324 g/mol. The van der Waals surface area contributed by atoms with Crippen LogP contribution in [0.4, 0.5) is 0 Å². The molecule has 26 heavy (non-hydrogen) atoms. The summed E-state index contributed by atoms with van der Waals surface area (Å²) in [5, 5.41) is 10.9. The van der Waals surface area contributed by atoms with Crippen LogP contribution in [-0.2, 0) is 19.4 Å². The minimum atomic E-state index is 0.189. The summed E-state index contributed by atoms with van der Waals surface area (Å²) in [6, 6.07) is 9.07. The molecule has 5 heteroatoms. The quantitative estimate of drug-likeness (QED) is 0.627. The molecule has 0 bridgehead atoms. The van der Waals surface area contributed by atoms with E-state index in [-0.39, 0.29) is 6.04 Å². The van der Waals surface area contributed by atoms with Crippen LogP contribution >= 0.6 is 0 Å². The Bertz CT molecular complexity index is 763. The predicted octanol–water partition coefficient (Wildman–Crippen LogP) is 4.10. The van der Waals surface area contributed by atoms with Gasteiger partial charge in [-0.25, -0.2) is 0 Å². The van der Waals surface area contributed by atoms with E-state index in [1.165, 1.54) is 42.4 Å². The molecule has 1 heterocycles. The van der Waals surface area contributed by atoms with Crippen molar-refractivity contribution in [1.29, 1.82) is 0 Å². The summed E-state index contributed by atoms with van der Waals surface area (Å²) >= 11 is 0. The normalized spacial score (nSPS) is 15.7. The zero-order valence-electron chi connectivity index (χ0n) is 16.3. The van der Waals surface area contributed by atoms with E-state index in [0.29, 0.717) is 12.5 Å². The van der Waals surface area contributed by atoms with E-state index in [4.69, 9.17) is 4.52 Å². The average molecular weight is 354 g/mol. The molecule has 0 saturated carbocycles. The molecule has 0 aliphatic heterocycles. The zero-order valence-corrected chi connectivity index (χ0v) is 16.3. The number of aliphatic imine (C=N–C) groups is 1. The number of nitrogens with zero attached hydrogens (tertiary/aromatic N) is 2. The van der Waals surface area contributed by atoms with Gasteiger partial charge in [0.25, 0.3) is 0 Å². The van der Waals surface area contributed by atoms with Crippen molar-refractivity contribution in [3.63, 3.8) is 0 Å². The molecule has 140 valence electrons. The summed E-state index contributed by atoms with van der Waals surface area (Å²) in [4.78, 5) is 4.33. The topological polar surface area (TPSA) is 62.5 Å². The highest BCUT2D eigenvalue weighted by atomic mass is 16.5. The lowest BCUT2D eigenvalue weighted by Gasteiger charge is -2.21. The number of hydrogen-bond acceptors (Lipinski definition) is 3. The first kappa shape index (κ1) is 18.5. The lowest BCUT2D eigenvalue weighted by molar-refractivity contribution is 0.371. The second-order valence-corrected chi connectivity index (χ2v) is 7.40. The Labute approximate surface area is 156 Å². The molecule has 3 rings (SSSR count). The van der Waals surface area contributed by atoms with Crippen LogP contribution in [0.1, 0.15) is 73.7 Å². The summed E-state index contributed by atoms with van der Waals surface area (Å²) < 4.78 is 5.38. The smallest absolute Gasteiger partial charge is 0.191 e. The van der Waals surface area contributed by atoms with Gasteiger partial charge >= 0.3 is 0 Å². The van der Waals surface area contributed by atoms with Crippen molar-refractivity contribution in [2.75, 3.05) is 7.05 Å². The van der Waals surface area contributed by atoms with Gasteiger partial charge in [-0.3, -0.25) is 4.99 Å². The van der Waals surface area contributed by atoms with Crippen molar-refractivity contribution in [2.24, 2.45) is 4.99 Å². The first-order valence-electron chi connectivity index (χ1n) is 9.61. The van der Waals surface area contributed by atoms with Crippen LogP contribution in [0.3, 0.4) is 0 Å². The standard InChI is InChI=1S/C21H30N4O/c1-14(2)20-12-19(26-25-20)13-23-21(22-4)24-15(3)17-10-9-16-7-5-6-8-18(16)11-17/h9-12,14-15H,5-8,13H2,1-4H3,(H2,22,23,24). The number of aromatic nitrogens is 1. The number of fused-ring (bicyclic) bond motifs is 1. The van der Waals surface area contributed by atoms with E-state index in [0.717, 1.165) is 17.4 Å². The molecule has 1 aromatic heterocycles. The van der Waals surface area contributed by atoms with Gasteiger partial charge in [-0.15, -0.1) is 0 Å². The largest absolute Gasteiger partial charge is 0.359 e. The first-order valence-corrected chi connectivity index (χ1v) is 9.61. The van der Waals surface area contributed by atoms with Crippen molar-refractivity contribution < 1.29 is 4.52 Å². The number of benzene rings is 1. The Morgan fingerprint density at radius 2 is 1.92 bits per heavy atom. The van der Waals surface area contributed by atoms with E-state index in [2.05, 4.69) is 59.8 Å². The van der Waals surface area contributed by atoms with Crippen LogP contribution in [0.25, 0.3) is 0 Å². The van der Waals surface area contributed by atoms with Crippen LogP contribution in [0.5, 0.6) is 0 Å². The van der Waals surface area contributed by atoms with Crippen LogP contribution in [0, 0.1) is 0 Å². The Kier molecular flexibility index (Phi) is 5.96.